The van der Waals surface area contributed by atoms with E-state index in [-0.39, 0.29) is 0 Å². The van der Waals surface area contributed by atoms with Crippen LogP contribution in [0.5, 0.6) is 5.75 Å². The van der Waals surface area contributed by atoms with Crippen LogP contribution in [0.15, 0.2) is 72.8 Å². The van der Waals surface area contributed by atoms with Gasteiger partial charge in [-0.3, -0.25) is 0 Å². The van der Waals surface area contributed by atoms with Crippen molar-refractivity contribution in [1.29, 1.82) is 0 Å². The van der Waals surface area contributed by atoms with Crippen LogP contribution in [-0.2, 0) is 5.33 Å². The maximum absolute atomic E-state index is 10.8. The summed E-state index contributed by atoms with van der Waals surface area (Å²) in [5.74, 6) is 0.375. The molecule has 0 atom stereocenters. The summed E-state index contributed by atoms with van der Waals surface area (Å²) in [6.07, 6.45) is 0. The molecule has 2 heteroatoms. The quantitative estimate of drug-likeness (QED) is 0.245. The van der Waals surface area contributed by atoms with E-state index in [9.17, 15) is 5.11 Å². The van der Waals surface area contributed by atoms with E-state index in [0.717, 1.165) is 21.7 Å². The van der Waals surface area contributed by atoms with Gasteiger partial charge in [0.1, 0.15) is 5.75 Å². The van der Waals surface area contributed by atoms with Gasteiger partial charge in [0.2, 0.25) is 0 Å². The predicted molar refractivity (Wildman–Crippen MR) is 111 cm³/mol. The molecule has 0 bridgehead atoms. The Morgan fingerprint density at radius 3 is 2.04 bits per heavy atom. The molecule has 0 aromatic heterocycles. The van der Waals surface area contributed by atoms with Crippen molar-refractivity contribution < 1.29 is 5.11 Å². The Hall–Kier alpha value is -2.58. The molecule has 0 radical (unpaired) electrons. The molecule has 5 rings (SSSR count). The molecular formula is C23H15BrO. The number of hydrogen-bond acceptors (Lipinski definition) is 1. The second-order valence-electron chi connectivity index (χ2n) is 6.41. The van der Waals surface area contributed by atoms with E-state index in [2.05, 4.69) is 82.7 Å². The van der Waals surface area contributed by atoms with E-state index < -0.39 is 0 Å². The number of hydrogen-bond donors (Lipinski definition) is 1. The van der Waals surface area contributed by atoms with Crippen molar-refractivity contribution >= 4 is 59.0 Å². The summed E-state index contributed by atoms with van der Waals surface area (Å²) in [7, 11) is 0. The molecule has 0 saturated heterocycles. The molecule has 0 saturated carbocycles. The molecule has 0 aliphatic heterocycles. The standard InChI is InChI=1S/C23H15BrO/c24-13-16-6-5-15-8-10-20-19-9-7-14-3-1-2-4-17(14)18(19)11-12-21(20)22(15)23(16)25/h1-12,25H,13H2. The number of fused-ring (bicyclic) bond motifs is 7. The average Bonchev–Trinajstić information content (AvgIpc) is 2.67. The van der Waals surface area contributed by atoms with Crippen LogP contribution >= 0.6 is 15.9 Å². The molecule has 0 amide bonds. The second kappa shape index (κ2) is 5.47. The summed E-state index contributed by atoms with van der Waals surface area (Å²) in [5.41, 5.74) is 0.915. The van der Waals surface area contributed by atoms with Gasteiger partial charge in [-0.25, -0.2) is 0 Å². The maximum Gasteiger partial charge on any atom is 0.128 e. The van der Waals surface area contributed by atoms with Gasteiger partial charge in [-0.1, -0.05) is 88.7 Å². The third-order valence-corrected chi connectivity index (χ3v) is 5.71. The summed E-state index contributed by atoms with van der Waals surface area (Å²) < 4.78 is 0. The minimum Gasteiger partial charge on any atom is -0.507 e. The van der Waals surface area contributed by atoms with Gasteiger partial charge in [0, 0.05) is 16.3 Å². The third kappa shape index (κ3) is 2.07. The predicted octanol–water partition coefficient (Wildman–Crippen LogP) is 6.90. The number of rotatable bonds is 1. The van der Waals surface area contributed by atoms with Crippen LogP contribution in [0.4, 0.5) is 0 Å². The smallest absolute Gasteiger partial charge is 0.128 e. The normalized spacial score (nSPS) is 11.7. The lowest BCUT2D eigenvalue weighted by molar-refractivity contribution is 0.477. The Morgan fingerprint density at radius 1 is 0.600 bits per heavy atom. The van der Waals surface area contributed by atoms with Gasteiger partial charge in [0.05, 0.1) is 0 Å². The molecule has 0 fully saturated rings. The summed E-state index contributed by atoms with van der Waals surface area (Å²) in [6, 6.07) is 25.5. The molecule has 0 aliphatic rings. The highest BCUT2D eigenvalue weighted by Crippen LogP contribution is 2.39. The molecule has 0 unspecified atom stereocenters. The van der Waals surface area contributed by atoms with Gasteiger partial charge in [0.25, 0.3) is 0 Å². The van der Waals surface area contributed by atoms with Crippen LogP contribution in [0.2, 0.25) is 0 Å². The average molecular weight is 387 g/mol. The molecular weight excluding hydrogens is 372 g/mol. The van der Waals surface area contributed by atoms with Crippen molar-refractivity contribution in [2.24, 2.45) is 0 Å². The zero-order valence-corrected chi connectivity index (χ0v) is 15.0. The molecule has 5 aromatic carbocycles. The van der Waals surface area contributed by atoms with Gasteiger partial charge >= 0.3 is 0 Å². The minimum absolute atomic E-state index is 0.375. The largest absolute Gasteiger partial charge is 0.507 e. The van der Waals surface area contributed by atoms with Crippen LogP contribution in [-0.4, -0.2) is 5.11 Å². The van der Waals surface area contributed by atoms with Gasteiger partial charge in [-0.15, -0.1) is 0 Å². The van der Waals surface area contributed by atoms with Gasteiger partial charge in [0.15, 0.2) is 0 Å². The first-order valence-electron chi connectivity index (χ1n) is 8.31. The van der Waals surface area contributed by atoms with Crippen molar-refractivity contribution in [3.63, 3.8) is 0 Å². The molecule has 5 aromatic rings. The lowest BCUT2D eigenvalue weighted by Crippen LogP contribution is -1.86. The summed E-state index contributed by atoms with van der Waals surface area (Å²) in [4.78, 5) is 0. The molecule has 0 aliphatic carbocycles. The Kier molecular flexibility index (Phi) is 3.22. The highest BCUT2D eigenvalue weighted by molar-refractivity contribution is 9.08. The Bertz CT molecular complexity index is 1290. The molecule has 1 N–H and O–H groups in total. The van der Waals surface area contributed by atoms with E-state index in [1.165, 1.54) is 26.9 Å². The minimum atomic E-state index is 0.375. The van der Waals surface area contributed by atoms with Crippen molar-refractivity contribution in [2.45, 2.75) is 5.33 Å². The van der Waals surface area contributed by atoms with E-state index >= 15 is 0 Å². The summed E-state index contributed by atoms with van der Waals surface area (Å²) >= 11 is 3.47. The molecule has 25 heavy (non-hydrogen) atoms. The third-order valence-electron chi connectivity index (χ3n) is 5.10. The first-order valence-corrected chi connectivity index (χ1v) is 9.44. The zero-order chi connectivity index (χ0) is 17.0. The summed E-state index contributed by atoms with van der Waals surface area (Å²) in [5, 5.41) is 20.7. The fourth-order valence-corrected chi connectivity index (χ4v) is 4.31. The van der Waals surface area contributed by atoms with E-state index in [4.69, 9.17) is 0 Å². The molecule has 1 nitrogen and oxygen atoms in total. The van der Waals surface area contributed by atoms with Gasteiger partial charge < -0.3 is 5.11 Å². The second-order valence-corrected chi connectivity index (χ2v) is 6.97. The van der Waals surface area contributed by atoms with Crippen molar-refractivity contribution in [1.82, 2.24) is 0 Å². The monoisotopic (exact) mass is 386 g/mol. The van der Waals surface area contributed by atoms with Crippen LogP contribution in [0, 0.1) is 0 Å². The first-order chi connectivity index (χ1) is 12.3. The van der Waals surface area contributed by atoms with Crippen molar-refractivity contribution in [3.8, 4) is 5.75 Å². The Balaban J connectivity index is 2.00. The van der Waals surface area contributed by atoms with Crippen molar-refractivity contribution in [3.05, 3.63) is 78.4 Å². The van der Waals surface area contributed by atoms with E-state index in [1.807, 2.05) is 6.07 Å². The number of halogens is 1. The van der Waals surface area contributed by atoms with Crippen LogP contribution in [0.3, 0.4) is 0 Å². The number of alkyl halides is 1. The maximum atomic E-state index is 10.8. The van der Waals surface area contributed by atoms with E-state index in [1.54, 1.807) is 0 Å². The highest BCUT2D eigenvalue weighted by atomic mass is 79.9. The fraction of sp³-hybridized carbons (Fsp3) is 0.0435. The fourth-order valence-electron chi connectivity index (χ4n) is 3.86. The molecule has 120 valence electrons. The molecule has 0 heterocycles. The van der Waals surface area contributed by atoms with Crippen LogP contribution in [0.25, 0.3) is 43.1 Å². The summed E-state index contributed by atoms with van der Waals surface area (Å²) in [6.45, 7) is 0. The van der Waals surface area contributed by atoms with Crippen LogP contribution < -0.4 is 0 Å². The number of phenolic OH excluding ortho intramolecular Hbond substituents is 1. The van der Waals surface area contributed by atoms with Crippen molar-refractivity contribution in [2.75, 3.05) is 0 Å². The highest BCUT2D eigenvalue weighted by Gasteiger charge is 2.11. The van der Waals surface area contributed by atoms with E-state index in [0.29, 0.717) is 11.1 Å². The number of benzene rings is 5. The lowest BCUT2D eigenvalue weighted by atomic mass is 9.93. The van der Waals surface area contributed by atoms with Gasteiger partial charge in [-0.2, -0.15) is 0 Å². The molecule has 0 spiro atoms. The first kappa shape index (κ1) is 14.7. The number of phenols is 1. The Morgan fingerprint density at radius 2 is 1.20 bits per heavy atom. The Labute approximate surface area is 153 Å². The van der Waals surface area contributed by atoms with Crippen LogP contribution in [0.1, 0.15) is 5.56 Å². The zero-order valence-electron chi connectivity index (χ0n) is 13.5. The lowest BCUT2D eigenvalue weighted by Gasteiger charge is -2.12. The SMILES string of the molecule is Oc1c(CBr)ccc2ccc3c4ccc5ccccc5c4ccc3c12. The number of aromatic hydroxyl groups is 1. The topological polar surface area (TPSA) is 20.2 Å². The van der Waals surface area contributed by atoms with Gasteiger partial charge in [-0.05, 0) is 37.7 Å².